The molecule has 0 radical (unpaired) electrons. The molecule has 6 nitrogen and oxygen atoms in total. The van der Waals surface area contributed by atoms with E-state index < -0.39 is 16.1 Å². The molecule has 0 heterocycles. The Morgan fingerprint density at radius 1 is 0.964 bits per heavy atom. The minimum absolute atomic E-state index is 0.194. The quantitative estimate of drug-likeness (QED) is 0.669. The fraction of sp³-hybridized carbons (Fsp3) is 0.190. The number of nitrogens with two attached hydrogens (primary N) is 1. The van der Waals surface area contributed by atoms with E-state index in [1.165, 1.54) is 18.4 Å². The van der Waals surface area contributed by atoms with E-state index in [2.05, 4.69) is 5.32 Å². The molecule has 7 heteroatoms. The van der Waals surface area contributed by atoms with Crippen LogP contribution in [0.5, 0.6) is 0 Å². The highest BCUT2D eigenvalue weighted by atomic mass is 32.2. The van der Waals surface area contributed by atoms with Crippen molar-refractivity contribution >= 4 is 32.4 Å². The van der Waals surface area contributed by atoms with Gasteiger partial charge in [-0.25, -0.2) is 12.7 Å². The number of fused-ring (bicyclic) bond motifs is 1. The van der Waals surface area contributed by atoms with Crippen LogP contribution in [0.3, 0.4) is 0 Å². The molecule has 1 atom stereocenters. The lowest BCUT2D eigenvalue weighted by Gasteiger charge is -2.16. The molecule has 0 spiro atoms. The highest BCUT2D eigenvalue weighted by molar-refractivity contribution is 7.89. The molecule has 3 rings (SSSR count). The summed E-state index contributed by atoms with van der Waals surface area (Å²) in [7, 11) is -0.633. The number of hydrogen-bond donors (Lipinski definition) is 2. The minimum Gasteiger partial charge on any atom is -0.324 e. The van der Waals surface area contributed by atoms with Crippen molar-refractivity contribution < 1.29 is 13.2 Å². The average Bonchev–Trinajstić information content (AvgIpc) is 2.68. The van der Waals surface area contributed by atoms with E-state index in [-0.39, 0.29) is 10.8 Å². The van der Waals surface area contributed by atoms with Crippen LogP contribution in [0.25, 0.3) is 10.8 Å². The van der Waals surface area contributed by atoms with Gasteiger partial charge < -0.3 is 11.1 Å². The summed E-state index contributed by atoms with van der Waals surface area (Å²) in [6.07, 6.45) is 0.414. The first-order valence-electron chi connectivity index (χ1n) is 8.85. The van der Waals surface area contributed by atoms with Crippen molar-refractivity contribution in [3.8, 4) is 0 Å². The van der Waals surface area contributed by atoms with Crippen molar-refractivity contribution in [3.63, 3.8) is 0 Å². The number of nitrogens with one attached hydrogen (secondary N) is 1. The van der Waals surface area contributed by atoms with Gasteiger partial charge in [-0.15, -0.1) is 0 Å². The molecule has 0 saturated heterocycles. The highest BCUT2D eigenvalue weighted by Crippen LogP contribution is 2.30. The topological polar surface area (TPSA) is 92.5 Å². The molecule has 28 heavy (non-hydrogen) atoms. The molecule has 0 aliphatic heterocycles. The zero-order valence-corrected chi connectivity index (χ0v) is 16.6. The Morgan fingerprint density at radius 2 is 1.61 bits per heavy atom. The second kappa shape index (κ2) is 8.10. The van der Waals surface area contributed by atoms with Crippen molar-refractivity contribution in [2.75, 3.05) is 19.4 Å². The normalized spacial score (nSPS) is 12.9. The lowest BCUT2D eigenvalue weighted by Crippen LogP contribution is -2.37. The molecule has 0 aromatic heterocycles. The average molecular weight is 398 g/mol. The lowest BCUT2D eigenvalue weighted by molar-refractivity contribution is -0.117. The number of carbonyl (C=O) groups is 1. The lowest BCUT2D eigenvalue weighted by atomic mass is 10.1. The fourth-order valence-corrected chi connectivity index (χ4v) is 4.10. The van der Waals surface area contributed by atoms with Crippen LogP contribution in [0.2, 0.25) is 0 Å². The van der Waals surface area contributed by atoms with Gasteiger partial charge in [-0.3, -0.25) is 4.79 Å². The second-order valence-electron chi connectivity index (χ2n) is 6.73. The highest BCUT2D eigenvalue weighted by Gasteiger charge is 2.21. The van der Waals surface area contributed by atoms with E-state index in [1.54, 1.807) is 36.4 Å². The van der Waals surface area contributed by atoms with E-state index in [9.17, 15) is 13.2 Å². The number of hydrogen-bond acceptors (Lipinski definition) is 4. The molecule has 0 saturated carbocycles. The molecule has 0 fully saturated rings. The predicted molar refractivity (Wildman–Crippen MR) is 112 cm³/mol. The van der Waals surface area contributed by atoms with Gasteiger partial charge in [-0.2, -0.15) is 0 Å². The minimum atomic E-state index is -3.61. The summed E-state index contributed by atoms with van der Waals surface area (Å²) in [4.78, 5) is 12.8. The molecule has 3 N–H and O–H groups in total. The van der Waals surface area contributed by atoms with Gasteiger partial charge in [-0.1, -0.05) is 54.6 Å². The van der Waals surface area contributed by atoms with Gasteiger partial charge in [0, 0.05) is 30.6 Å². The number of amides is 1. The predicted octanol–water partition coefficient (Wildman–Crippen LogP) is 2.60. The van der Waals surface area contributed by atoms with Gasteiger partial charge in [0.1, 0.15) is 0 Å². The fourth-order valence-electron chi connectivity index (χ4n) is 3.00. The van der Waals surface area contributed by atoms with Gasteiger partial charge >= 0.3 is 0 Å². The molecular formula is C21H23N3O3S. The molecule has 3 aromatic rings. The number of sulfonamides is 1. The maximum absolute atomic E-state index is 12.6. The summed E-state index contributed by atoms with van der Waals surface area (Å²) < 4.78 is 26.4. The first-order chi connectivity index (χ1) is 13.3. The van der Waals surface area contributed by atoms with E-state index >= 15 is 0 Å². The number of nitrogens with zero attached hydrogens (tertiary/aromatic N) is 1. The maximum Gasteiger partial charge on any atom is 0.243 e. The first-order valence-corrected chi connectivity index (χ1v) is 10.3. The molecule has 0 bridgehead atoms. The number of anilines is 1. The van der Waals surface area contributed by atoms with Crippen molar-refractivity contribution in [2.45, 2.75) is 17.4 Å². The summed E-state index contributed by atoms with van der Waals surface area (Å²) in [6, 6.07) is 19.0. The zero-order chi connectivity index (χ0) is 20.3. The molecule has 146 valence electrons. The summed E-state index contributed by atoms with van der Waals surface area (Å²) >= 11 is 0. The van der Waals surface area contributed by atoms with Crippen LogP contribution in [0.15, 0.2) is 71.6 Å². The van der Waals surface area contributed by atoms with Crippen molar-refractivity contribution in [1.29, 1.82) is 0 Å². The maximum atomic E-state index is 12.6. The summed E-state index contributed by atoms with van der Waals surface area (Å²) in [5, 5.41) is 4.03. The number of carbonyl (C=O) groups excluding carboxylic acids is 1. The second-order valence-corrected chi connectivity index (χ2v) is 8.85. The molecule has 3 aromatic carbocycles. The monoisotopic (exact) mass is 397 g/mol. The third-order valence-electron chi connectivity index (χ3n) is 4.53. The standard InChI is InChI=1S/C21H23N3O3S/c1-24(2)28(26,27)20-13-7-10-16-17(20)11-6-12-19(16)23-21(25)18(22)14-15-8-4-3-5-9-15/h3-13,18H,14,22H2,1-2H3,(H,23,25). The summed E-state index contributed by atoms with van der Waals surface area (Å²) in [5.74, 6) is -0.322. The molecular weight excluding hydrogens is 374 g/mol. The van der Waals surface area contributed by atoms with Crippen LogP contribution in [0.4, 0.5) is 5.69 Å². The van der Waals surface area contributed by atoms with Crippen molar-refractivity contribution in [2.24, 2.45) is 5.73 Å². The van der Waals surface area contributed by atoms with Gasteiger partial charge in [0.15, 0.2) is 0 Å². The smallest absolute Gasteiger partial charge is 0.243 e. The Bertz CT molecular complexity index is 1100. The van der Waals surface area contributed by atoms with Crippen LogP contribution in [-0.4, -0.2) is 38.8 Å². The third kappa shape index (κ3) is 4.06. The van der Waals surface area contributed by atoms with Crippen molar-refractivity contribution in [3.05, 3.63) is 72.3 Å². The van der Waals surface area contributed by atoms with Gasteiger partial charge in [-0.05, 0) is 24.1 Å². The van der Waals surface area contributed by atoms with Crippen molar-refractivity contribution in [1.82, 2.24) is 4.31 Å². The van der Waals surface area contributed by atoms with Crippen LogP contribution in [0.1, 0.15) is 5.56 Å². The van der Waals surface area contributed by atoms with Crippen LogP contribution >= 0.6 is 0 Å². The zero-order valence-electron chi connectivity index (χ0n) is 15.8. The first kappa shape index (κ1) is 20.0. The van der Waals surface area contributed by atoms with E-state index in [1.807, 2.05) is 30.3 Å². The summed E-state index contributed by atoms with van der Waals surface area (Å²) in [5.41, 5.74) is 7.57. The molecule has 1 amide bonds. The van der Waals surface area contributed by atoms with Gasteiger partial charge in [0.25, 0.3) is 0 Å². The Morgan fingerprint density at radius 3 is 2.29 bits per heavy atom. The Hall–Kier alpha value is -2.74. The van der Waals surface area contributed by atoms with Gasteiger partial charge in [0.05, 0.1) is 10.9 Å². The summed E-state index contributed by atoms with van der Waals surface area (Å²) in [6.45, 7) is 0. The van der Waals surface area contributed by atoms with Crippen LogP contribution < -0.4 is 11.1 Å². The molecule has 0 aliphatic rings. The number of benzene rings is 3. The van der Waals surface area contributed by atoms with E-state index in [0.717, 1.165) is 5.56 Å². The van der Waals surface area contributed by atoms with Crippen LogP contribution in [0, 0.1) is 0 Å². The van der Waals surface area contributed by atoms with Crippen LogP contribution in [-0.2, 0) is 21.2 Å². The third-order valence-corrected chi connectivity index (χ3v) is 6.41. The van der Waals surface area contributed by atoms with E-state index in [4.69, 9.17) is 5.73 Å². The SMILES string of the molecule is CN(C)S(=O)(=O)c1cccc2c(NC(=O)C(N)Cc3ccccc3)cccc12. The Labute approximate surface area is 165 Å². The van der Waals surface area contributed by atoms with E-state index in [0.29, 0.717) is 22.9 Å². The Balaban J connectivity index is 1.91. The molecule has 1 unspecified atom stereocenters. The number of rotatable bonds is 6. The Kier molecular flexibility index (Phi) is 5.79. The largest absolute Gasteiger partial charge is 0.324 e. The molecule has 0 aliphatic carbocycles. The van der Waals surface area contributed by atoms with Gasteiger partial charge in [0.2, 0.25) is 15.9 Å².